The molecule has 0 atom stereocenters. The van der Waals surface area contributed by atoms with Crippen molar-refractivity contribution in [2.75, 3.05) is 13.1 Å². The summed E-state index contributed by atoms with van der Waals surface area (Å²) in [5.41, 5.74) is 1.34. The van der Waals surface area contributed by atoms with E-state index in [1.807, 2.05) is 6.92 Å². The maximum absolute atomic E-state index is 13.6. The van der Waals surface area contributed by atoms with Crippen molar-refractivity contribution in [3.63, 3.8) is 0 Å². The molecule has 7 heteroatoms. The highest BCUT2D eigenvalue weighted by atomic mass is 19.1. The fraction of sp³-hybridized carbons (Fsp3) is 0.414. The van der Waals surface area contributed by atoms with Crippen LogP contribution < -0.4 is 5.43 Å². The van der Waals surface area contributed by atoms with E-state index in [4.69, 9.17) is 4.42 Å². The number of fused-ring (bicyclic) bond motifs is 1. The Bertz CT molecular complexity index is 1220. The van der Waals surface area contributed by atoms with Gasteiger partial charge in [-0.3, -0.25) is 14.4 Å². The largest absolute Gasteiger partial charge is 0.464 e. The first kappa shape index (κ1) is 27.1. The zero-order chi connectivity index (χ0) is 26.1. The van der Waals surface area contributed by atoms with Crippen molar-refractivity contribution in [1.82, 2.24) is 9.80 Å². The molecule has 0 N–H and O–H groups in total. The minimum absolute atomic E-state index is 0.0184. The standard InChI is InChI=1S/C29H35FN2O4/c1-4-5-10-27(33)31(16-15-21(2)3)19-28(34)32(17-22-11-13-24(30)14-12-22)18-23-20-36-26-9-7-6-8-25(26)29(23)35/h6-9,11-14,20-21H,4-5,10,15-19H2,1-3H3. The van der Waals surface area contributed by atoms with Gasteiger partial charge in [0.2, 0.25) is 11.8 Å². The average Bonchev–Trinajstić information content (AvgIpc) is 2.87. The molecule has 0 aliphatic heterocycles. The van der Waals surface area contributed by atoms with Crippen molar-refractivity contribution in [2.24, 2.45) is 5.92 Å². The van der Waals surface area contributed by atoms with Crippen LogP contribution in [0.15, 0.2) is 64.0 Å². The van der Waals surface area contributed by atoms with Crippen molar-refractivity contribution >= 4 is 22.8 Å². The lowest BCUT2D eigenvalue weighted by atomic mass is 10.1. The van der Waals surface area contributed by atoms with E-state index in [1.165, 1.54) is 23.3 Å². The van der Waals surface area contributed by atoms with Crippen LogP contribution in [0.2, 0.25) is 0 Å². The van der Waals surface area contributed by atoms with E-state index in [0.717, 1.165) is 24.8 Å². The summed E-state index contributed by atoms with van der Waals surface area (Å²) in [6.45, 7) is 6.80. The highest BCUT2D eigenvalue weighted by molar-refractivity contribution is 5.85. The number of carbonyl (C=O) groups is 2. The Balaban J connectivity index is 1.87. The fourth-order valence-corrected chi connectivity index (χ4v) is 3.93. The molecule has 3 rings (SSSR count). The predicted octanol–water partition coefficient (Wildman–Crippen LogP) is 5.53. The Morgan fingerprint density at radius 3 is 2.39 bits per heavy atom. The quantitative estimate of drug-likeness (QED) is 0.332. The highest BCUT2D eigenvalue weighted by Crippen LogP contribution is 2.15. The Morgan fingerprint density at radius 1 is 0.972 bits per heavy atom. The first-order valence-electron chi connectivity index (χ1n) is 12.6. The number of benzene rings is 2. The van der Waals surface area contributed by atoms with E-state index >= 15 is 0 Å². The van der Waals surface area contributed by atoms with E-state index in [9.17, 15) is 18.8 Å². The lowest BCUT2D eigenvalue weighted by Crippen LogP contribution is -2.43. The molecular weight excluding hydrogens is 459 g/mol. The van der Waals surface area contributed by atoms with E-state index in [-0.39, 0.29) is 42.7 Å². The van der Waals surface area contributed by atoms with Crippen molar-refractivity contribution < 1.29 is 18.4 Å². The highest BCUT2D eigenvalue weighted by Gasteiger charge is 2.23. The summed E-state index contributed by atoms with van der Waals surface area (Å²) >= 11 is 0. The van der Waals surface area contributed by atoms with Crippen LogP contribution >= 0.6 is 0 Å². The second-order valence-electron chi connectivity index (χ2n) is 9.56. The molecule has 2 aromatic carbocycles. The van der Waals surface area contributed by atoms with Crippen molar-refractivity contribution in [1.29, 1.82) is 0 Å². The molecule has 1 aromatic heterocycles. The van der Waals surface area contributed by atoms with Gasteiger partial charge in [-0.1, -0.05) is 51.5 Å². The summed E-state index contributed by atoms with van der Waals surface area (Å²) in [7, 11) is 0. The molecule has 36 heavy (non-hydrogen) atoms. The summed E-state index contributed by atoms with van der Waals surface area (Å²) in [5, 5.41) is 0.442. The van der Waals surface area contributed by atoms with Crippen molar-refractivity contribution in [2.45, 2.75) is 59.5 Å². The second kappa shape index (κ2) is 13.0. The van der Waals surface area contributed by atoms with Crippen LogP contribution in [0.1, 0.15) is 57.6 Å². The van der Waals surface area contributed by atoms with E-state index < -0.39 is 0 Å². The zero-order valence-corrected chi connectivity index (χ0v) is 21.3. The molecule has 6 nitrogen and oxygen atoms in total. The summed E-state index contributed by atoms with van der Waals surface area (Å²) in [4.78, 5) is 42.7. The summed E-state index contributed by atoms with van der Waals surface area (Å²) < 4.78 is 19.1. The van der Waals surface area contributed by atoms with Crippen LogP contribution in [0.5, 0.6) is 0 Å². The third-order valence-electron chi connectivity index (χ3n) is 6.15. The Kier molecular flexibility index (Phi) is 9.79. The minimum Gasteiger partial charge on any atom is -0.464 e. The molecule has 1 heterocycles. The van der Waals surface area contributed by atoms with Gasteiger partial charge < -0.3 is 14.2 Å². The van der Waals surface area contributed by atoms with E-state index in [1.54, 1.807) is 41.3 Å². The Hall–Kier alpha value is -3.48. The van der Waals surface area contributed by atoms with Crippen LogP contribution in [0.3, 0.4) is 0 Å². The number of hydrogen-bond acceptors (Lipinski definition) is 4. The van der Waals surface area contributed by atoms with Gasteiger partial charge in [-0.2, -0.15) is 0 Å². The van der Waals surface area contributed by atoms with Crippen LogP contribution in [0.4, 0.5) is 4.39 Å². The van der Waals surface area contributed by atoms with E-state index in [0.29, 0.717) is 35.4 Å². The van der Waals surface area contributed by atoms with Crippen LogP contribution in [0, 0.1) is 11.7 Å². The topological polar surface area (TPSA) is 70.8 Å². The molecule has 0 radical (unpaired) electrons. The van der Waals surface area contributed by atoms with Crippen molar-refractivity contribution in [3.8, 4) is 0 Å². The van der Waals surface area contributed by atoms with Gasteiger partial charge in [0, 0.05) is 19.5 Å². The number of halogens is 1. The lowest BCUT2D eigenvalue weighted by molar-refractivity contribution is -0.141. The molecule has 0 saturated heterocycles. The molecule has 0 saturated carbocycles. The van der Waals surface area contributed by atoms with Gasteiger partial charge >= 0.3 is 0 Å². The van der Waals surface area contributed by atoms with Gasteiger partial charge in [0.25, 0.3) is 0 Å². The second-order valence-corrected chi connectivity index (χ2v) is 9.56. The van der Waals surface area contributed by atoms with Gasteiger partial charge in [0.05, 0.1) is 30.3 Å². The molecular formula is C29H35FN2O4. The number of para-hydroxylation sites is 1. The van der Waals surface area contributed by atoms with Crippen LogP contribution in [-0.2, 0) is 22.7 Å². The molecule has 0 aliphatic rings. The van der Waals surface area contributed by atoms with Gasteiger partial charge in [0.1, 0.15) is 11.4 Å². The predicted molar refractivity (Wildman–Crippen MR) is 139 cm³/mol. The smallest absolute Gasteiger partial charge is 0.242 e. The SMILES string of the molecule is CCCCC(=O)N(CCC(C)C)CC(=O)N(Cc1ccc(F)cc1)Cc1coc2ccccc2c1=O. The first-order chi connectivity index (χ1) is 17.3. The number of carbonyl (C=O) groups excluding carboxylic acids is 2. The van der Waals surface area contributed by atoms with Crippen molar-refractivity contribution in [3.05, 3.63) is 82.0 Å². The summed E-state index contributed by atoms with van der Waals surface area (Å²) in [5.74, 6) is -0.300. The minimum atomic E-state index is -0.367. The molecule has 192 valence electrons. The number of unbranched alkanes of at least 4 members (excludes halogenated alkanes) is 1. The van der Waals surface area contributed by atoms with Gasteiger partial charge in [-0.15, -0.1) is 0 Å². The fourth-order valence-electron chi connectivity index (χ4n) is 3.93. The van der Waals surface area contributed by atoms with Crippen LogP contribution in [-0.4, -0.2) is 34.7 Å². The Morgan fingerprint density at radius 2 is 1.69 bits per heavy atom. The monoisotopic (exact) mass is 494 g/mol. The molecule has 0 fully saturated rings. The number of nitrogens with zero attached hydrogens (tertiary/aromatic N) is 2. The normalized spacial score (nSPS) is 11.1. The number of rotatable bonds is 12. The molecule has 2 amide bonds. The number of amides is 2. The zero-order valence-electron chi connectivity index (χ0n) is 21.3. The van der Waals surface area contributed by atoms with Gasteiger partial charge in [-0.05, 0) is 48.6 Å². The summed E-state index contributed by atoms with van der Waals surface area (Å²) in [6.07, 6.45) is 4.23. The first-order valence-corrected chi connectivity index (χ1v) is 12.6. The summed E-state index contributed by atoms with van der Waals surface area (Å²) in [6, 6.07) is 12.9. The number of hydrogen-bond donors (Lipinski definition) is 0. The van der Waals surface area contributed by atoms with Gasteiger partial charge in [0.15, 0.2) is 5.43 Å². The maximum Gasteiger partial charge on any atom is 0.242 e. The van der Waals surface area contributed by atoms with Gasteiger partial charge in [-0.25, -0.2) is 4.39 Å². The maximum atomic E-state index is 13.6. The van der Waals surface area contributed by atoms with E-state index in [2.05, 4.69) is 13.8 Å². The molecule has 0 bridgehead atoms. The third-order valence-corrected chi connectivity index (χ3v) is 6.15. The molecule has 0 spiro atoms. The molecule has 0 unspecified atom stereocenters. The molecule has 3 aromatic rings. The molecule has 0 aliphatic carbocycles. The Labute approximate surface area is 211 Å². The lowest BCUT2D eigenvalue weighted by Gasteiger charge is -2.28. The average molecular weight is 495 g/mol. The third kappa shape index (κ3) is 7.51. The van der Waals surface area contributed by atoms with Crippen LogP contribution in [0.25, 0.3) is 11.0 Å².